The van der Waals surface area contributed by atoms with E-state index >= 15 is 0 Å². The van der Waals surface area contributed by atoms with Crippen LogP contribution in [-0.2, 0) is 9.59 Å². The number of amides is 2. The molecule has 2 rings (SSSR count). The molecule has 0 aromatic carbocycles. The van der Waals surface area contributed by atoms with Crippen LogP contribution >= 0.6 is 0 Å². The Morgan fingerprint density at radius 3 is 2.00 bits per heavy atom. The van der Waals surface area contributed by atoms with Gasteiger partial charge in [0.25, 0.3) is 0 Å². The molecular weight excluding hydrogens is 230 g/mol. The van der Waals surface area contributed by atoms with Gasteiger partial charge in [0.05, 0.1) is 6.04 Å². The summed E-state index contributed by atoms with van der Waals surface area (Å²) in [6.07, 6.45) is 3.07. The molecule has 18 heavy (non-hydrogen) atoms. The monoisotopic (exact) mass is 253 g/mol. The van der Waals surface area contributed by atoms with E-state index < -0.39 is 6.04 Å². The third kappa shape index (κ3) is 2.51. The van der Waals surface area contributed by atoms with Crippen molar-refractivity contribution in [3.05, 3.63) is 0 Å². The highest BCUT2D eigenvalue weighted by Crippen LogP contribution is 2.40. The molecule has 0 aromatic rings. The van der Waals surface area contributed by atoms with Crippen LogP contribution in [0.15, 0.2) is 0 Å². The smallest absolute Gasteiger partial charge is 0.239 e. The standard InChI is InChI=1S/C13H23N3O2/c1-10(14)12(18)15-6-3-13(4-7-15)5-8-16(9-13)11(2)17/h10H,3-9,14H2,1-2H3. The predicted octanol–water partition coefficient (Wildman–Crippen LogP) is 0.195. The van der Waals surface area contributed by atoms with Crippen molar-refractivity contribution in [2.45, 2.75) is 39.2 Å². The van der Waals surface area contributed by atoms with E-state index in [4.69, 9.17) is 5.73 Å². The number of hydrogen-bond donors (Lipinski definition) is 1. The number of piperidine rings is 1. The van der Waals surface area contributed by atoms with Gasteiger partial charge in [-0.15, -0.1) is 0 Å². The predicted molar refractivity (Wildman–Crippen MR) is 68.8 cm³/mol. The van der Waals surface area contributed by atoms with Gasteiger partial charge in [-0.2, -0.15) is 0 Å². The summed E-state index contributed by atoms with van der Waals surface area (Å²) in [5, 5.41) is 0. The number of carbonyl (C=O) groups excluding carboxylic acids is 2. The average molecular weight is 253 g/mol. The Balaban J connectivity index is 1.91. The summed E-state index contributed by atoms with van der Waals surface area (Å²) in [7, 11) is 0. The quantitative estimate of drug-likeness (QED) is 0.725. The molecule has 0 saturated carbocycles. The molecule has 1 spiro atoms. The second kappa shape index (κ2) is 4.88. The van der Waals surface area contributed by atoms with Crippen molar-refractivity contribution >= 4 is 11.8 Å². The molecule has 1 unspecified atom stereocenters. The molecule has 2 saturated heterocycles. The highest BCUT2D eigenvalue weighted by atomic mass is 16.2. The van der Waals surface area contributed by atoms with E-state index in [1.807, 2.05) is 9.80 Å². The molecule has 0 bridgehead atoms. The summed E-state index contributed by atoms with van der Waals surface area (Å²) in [6, 6.07) is -0.406. The van der Waals surface area contributed by atoms with E-state index in [1.165, 1.54) is 0 Å². The fraction of sp³-hybridized carbons (Fsp3) is 0.846. The SMILES string of the molecule is CC(=O)N1CCC2(CCN(C(=O)C(C)N)CC2)C1. The minimum absolute atomic E-state index is 0.0475. The third-order valence-corrected chi connectivity index (χ3v) is 4.41. The maximum atomic E-state index is 11.8. The van der Waals surface area contributed by atoms with Crippen LogP contribution in [0.1, 0.15) is 33.1 Å². The third-order valence-electron chi connectivity index (χ3n) is 4.41. The van der Waals surface area contributed by atoms with Crippen molar-refractivity contribution in [3.63, 3.8) is 0 Å². The maximum Gasteiger partial charge on any atom is 0.239 e. The minimum atomic E-state index is -0.406. The second-order valence-electron chi connectivity index (χ2n) is 5.80. The topological polar surface area (TPSA) is 66.6 Å². The molecule has 1 atom stereocenters. The molecule has 0 radical (unpaired) electrons. The van der Waals surface area contributed by atoms with Crippen LogP contribution in [0.5, 0.6) is 0 Å². The highest BCUT2D eigenvalue weighted by molar-refractivity contribution is 5.81. The van der Waals surface area contributed by atoms with Crippen molar-refractivity contribution in [2.75, 3.05) is 26.2 Å². The van der Waals surface area contributed by atoms with Crippen LogP contribution in [0, 0.1) is 5.41 Å². The summed E-state index contributed by atoms with van der Waals surface area (Å²) < 4.78 is 0. The second-order valence-corrected chi connectivity index (χ2v) is 5.80. The van der Waals surface area contributed by atoms with Gasteiger partial charge in [0.2, 0.25) is 11.8 Å². The van der Waals surface area contributed by atoms with E-state index in [0.29, 0.717) is 0 Å². The normalized spacial score (nSPS) is 24.4. The zero-order valence-corrected chi connectivity index (χ0v) is 11.3. The Morgan fingerprint density at radius 1 is 1.11 bits per heavy atom. The number of likely N-dealkylation sites (tertiary alicyclic amines) is 2. The van der Waals surface area contributed by atoms with Crippen LogP contribution in [0.3, 0.4) is 0 Å². The van der Waals surface area contributed by atoms with Gasteiger partial charge in [-0.1, -0.05) is 0 Å². The van der Waals surface area contributed by atoms with Crippen molar-refractivity contribution in [2.24, 2.45) is 11.1 Å². The van der Waals surface area contributed by atoms with Crippen LogP contribution in [0.25, 0.3) is 0 Å². The molecule has 2 heterocycles. The molecule has 0 aliphatic carbocycles. The number of hydrogen-bond acceptors (Lipinski definition) is 3. The number of carbonyl (C=O) groups is 2. The van der Waals surface area contributed by atoms with Crippen molar-refractivity contribution < 1.29 is 9.59 Å². The first-order valence-electron chi connectivity index (χ1n) is 6.73. The lowest BCUT2D eigenvalue weighted by atomic mass is 9.77. The summed E-state index contributed by atoms with van der Waals surface area (Å²) in [5.41, 5.74) is 5.88. The molecule has 2 amide bonds. The number of rotatable bonds is 1. The van der Waals surface area contributed by atoms with Gasteiger partial charge in [-0.05, 0) is 31.6 Å². The average Bonchev–Trinajstić information content (AvgIpc) is 2.74. The summed E-state index contributed by atoms with van der Waals surface area (Å²) in [4.78, 5) is 27.0. The Morgan fingerprint density at radius 2 is 1.61 bits per heavy atom. The zero-order valence-electron chi connectivity index (χ0n) is 11.3. The van der Waals surface area contributed by atoms with Gasteiger partial charge in [0, 0.05) is 33.1 Å². The Kier molecular flexibility index (Phi) is 3.61. The van der Waals surface area contributed by atoms with Gasteiger partial charge in [0.1, 0.15) is 0 Å². The van der Waals surface area contributed by atoms with Gasteiger partial charge >= 0.3 is 0 Å². The van der Waals surface area contributed by atoms with E-state index in [1.54, 1.807) is 13.8 Å². The number of nitrogens with zero attached hydrogens (tertiary/aromatic N) is 2. The Labute approximate surface area is 108 Å². The van der Waals surface area contributed by atoms with Crippen LogP contribution < -0.4 is 5.73 Å². The van der Waals surface area contributed by atoms with Gasteiger partial charge in [-0.3, -0.25) is 9.59 Å². The van der Waals surface area contributed by atoms with Crippen LogP contribution in [-0.4, -0.2) is 53.8 Å². The molecular formula is C13H23N3O2. The van der Waals surface area contributed by atoms with Crippen LogP contribution in [0.4, 0.5) is 0 Å². The molecule has 5 heteroatoms. The highest BCUT2D eigenvalue weighted by Gasteiger charge is 2.42. The summed E-state index contributed by atoms with van der Waals surface area (Å²) in [6.45, 7) is 6.67. The van der Waals surface area contributed by atoms with Gasteiger partial charge < -0.3 is 15.5 Å². The molecule has 2 fully saturated rings. The molecule has 0 aromatic heterocycles. The lowest BCUT2D eigenvalue weighted by molar-refractivity contribution is -0.135. The lowest BCUT2D eigenvalue weighted by Crippen LogP contribution is -2.49. The zero-order chi connectivity index (χ0) is 13.3. The van der Waals surface area contributed by atoms with E-state index in [-0.39, 0.29) is 17.2 Å². The van der Waals surface area contributed by atoms with Crippen LogP contribution in [0.2, 0.25) is 0 Å². The van der Waals surface area contributed by atoms with E-state index in [9.17, 15) is 9.59 Å². The molecule has 102 valence electrons. The van der Waals surface area contributed by atoms with Crippen molar-refractivity contribution in [1.82, 2.24) is 9.80 Å². The molecule has 2 N–H and O–H groups in total. The van der Waals surface area contributed by atoms with Crippen molar-refractivity contribution in [3.8, 4) is 0 Å². The molecule has 2 aliphatic heterocycles. The summed E-state index contributed by atoms with van der Waals surface area (Å²) in [5.74, 6) is 0.215. The van der Waals surface area contributed by atoms with Crippen molar-refractivity contribution in [1.29, 1.82) is 0 Å². The minimum Gasteiger partial charge on any atom is -0.342 e. The first kappa shape index (κ1) is 13.3. The van der Waals surface area contributed by atoms with E-state index in [0.717, 1.165) is 45.4 Å². The fourth-order valence-corrected chi connectivity index (χ4v) is 3.10. The first-order chi connectivity index (χ1) is 8.43. The first-order valence-corrected chi connectivity index (χ1v) is 6.73. The number of nitrogens with two attached hydrogens (primary N) is 1. The summed E-state index contributed by atoms with van der Waals surface area (Å²) >= 11 is 0. The van der Waals surface area contributed by atoms with E-state index in [2.05, 4.69) is 0 Å². The fourth-order valence-electron chi connectivity index (χ4n) is 3.10. The largest absolute Gasteiger partial charge is 0.342 e. The Hall–Kier alpha value is -1.10. The Bertz CT molecular complexity index is 346. The van der Waals surface area contributed by atoms with Gasteiger partial charge in [0.15, 0.2) is 0 Å². The molecule has 5 nitrogen and oxygen atoms in total. The molecule has 2 aliphatic rings. The lowest BCUT2D eigenvalue weighted by Gasteiger charge is -2.39. The maximum absolute atomic E-state index is 11.8. The van der Waals surface area contributed by atoms with Gasteiger partial charge in [-0.25, -0.2) is 0 Å².